The zero-order chi connectivity index (χ0) is 15.7. The van der Waals surface area contributed by atoms with Crippen LogP contribution < -0.4 is 10.9 Å². The summed E-state index contributed by atoms with van der Waals surface area (Å²) in [5, 5.41) is 4.43. The number of carbonyl (C=O) groups is 1. The van der Waals surface area contributed by atoms with Crippen molar-refractivity contribution < 1.29 is 9.21 Å². The lowest BCUT2D eigenvalue weighted by Gasteiger charge is -2.06. The van der Waals surface area contributed by atoms with Gasteiger partial charge in [0.1, 0.15) is 0 Å². The summed E-state index contributed by atoms with van der Waals surface area (Å²) in [5.41, 5.74) is -0.148. The molecule has 0 aliphatic rings. The summed E-state index contributed by atoms with van der Waals surface area (Å²) in [5.74, 6) is -0.638. The topological polar surface area (TPSA) is 59.3 Å². The van der Waals surface area contributed by atoms with Crippen LogP contribution in [0.3, 0.4) is 0 Å². The number of rotatable bonds is 2. The van der Waals surface area contributed by atoms with Gasteiger partial charge in [0.15, 0.2) is 5.76 Å². The van der Waals surface area contributed by atoms with Gasteiger partial charge in [-0.05, 0) is 35.7 Å². The number of anilines is 1. The van der Waals surface area contributed by atoms with Crippen molar-refractivity contribution >= 4 is 45.6 Å². The quantitative estimate of drug-likeness (QED) is 0.758. The van der Waals surface area contributed by atoms with E-state index in [-0.39, 0.29) is 5.76 Å². The van der Waals surface area contributed by atoms with Gasteiger partial charge in [-0.25, -0.2) is 4.79 Å². The highest BCUT2D eigenvalue weighted by atomic mass is 35.5. The van der Waals surface area contributed by atoms with Gasteiger partial charge >= 0.3 is 5.63 Å². The molecule has 0 spiro atoms. The molecule has 0 atom stereocenters. The monoisotopic (exact) mass is 333 g/mol. The minimum Gasteiger partial charge on any atom is -0.417 e. The molecule has 0 aliphatic heterocycles. The van der Waals surface area contributed by atoms with Crippen molar-refractivity contribution in [2.75, 3.05) is 5.32 Å². The van der Waals surface area contributed by atoms with Crippen molar-refractivity contribution in [2.45, 2.75) is 0 Å². The first kappa shape index (κ1) is 14.6. The Morgan fingerprint density at radius 1 is 1.00 bits per heavy atom. The maximum atomic E-state index is 12.2. The summed E-state index contributed by atoms with van der Waals surface area (Å²) >= 11 is 11.7. The Labute approximate surface area is 135 Å². The molecule has 0 unspecified atom stereocenters. The fourth-order valence-corrected chi connectivity index (χ4v) is 2.59. The van der Waals surface area contributed by atoms with E-state index in [0.717, 1.165) is 0 Å². The second kappa shape index (κ2) is 5.83. The Morgan fingerprint density at radius 2 is 1.68 bits per heavy atom. The molecule has 3 rings (SSSR count). The van der Waals surface area contributed by atoms with Crippen LogP contribution in [0.5, 0.6) is 0 Å². The second-order valence-corrected chi connectivity index (χ2v) is 5.47. The van der Waals surface area contributed by atoms with Gasteiger partial charge in [0.25, 0.3) is 5.91 Å². The Morgan fingerprint density at radius 3 is 2.41 bits per heavy atom. The number of amides is 1. The highest BCUT2D eigenvalue weighted by Crippen LogP contribution is 2.23. The van der Waals surface area contributed by atoms with Gasteiger partial charge in [-0.15, -0.1) is 0 Å². The van der Waals surface area contributed by atoms with Crippen molar-refractivity contribution in [1.82, 2.24) is 0 Å². The van der Waals surface area contributed by atoms with Gasteiger partial charge < -0.3 is 9.73 Å². The van der Waals surface area contributed by atoms with E-state index in [1.54, 1.807) is 42.5 Å². The van der Waals surface area contributed by atoms with E-state index in [1.807, 2.05) is 0 Å². The van der Waals surface area contributed by atoms with E-state index in [1.165, 1.54) is 6.07 Å². The maximum absolute atomic E-state index is 12.2. The first-order chi connectivity index (χ1) is 10.5. The normalized spacial score (nSPS) is 10.6. The summed E-state index contributed by atoms with van der Waals surface area (Å²) in [6, 6.07) is 13.0. The van der Waals surface area contributed by atoms with Crippen LogP contribution in [0.4, 0.5) is 5.69 Å². The highest BCUT2D eigenvalue weighted by Gasteiger charge is 2.13. The van der Waals surface area contributed by atoms with Gasteiger partial charge in [-0.2, -0.15) is 0 Å². The number of carbonyl (C=O) groups excluding carboxylic acids is 1. The van der Waals surface area contributed by atoms with Crippen molar-refractivity contribution in [1.29, 1.82) is 0 Å². The van der Waals surface area contributed by atoms with Crippen molar-refractivity contribution in [3.63, 3.8) is 0 Å². The third kappa shape index (κ3) is 2.98. The van der Waals surface area contributed by atoms with E-state index in [9.17, 15) is 9.59 Å². The second-order valence-electron chi connectivity index (χ2n) is 4.60. The van der Waals surface area contributed by atoms with E-state index in [2.05, 4.69) is 5.32 Å². The molecule has 4 nitrogen and oxygen atoms in total. The minimum absolute atomic E-state index is 0.0835. The first-order valence-electron chi connectivity index (χ1n) is 6.33. The molecule has 0 bridgehead atoms. The lowest BCUT2D eigenvalue weighted by molar-refractivity contribution is 0.0993. The third-order valence-electron chi connectivity index (χ3n) is 3.01. The van der Waals surface area contributed by atoms with E-state index < -0.39 is 11.5 Å². The van der Waals surface area contributed by atoms with Crippen LogP contribution >= 0.6 is 23.2 Å². The Hall–Kier alpha value is -2.30. The van der Waals surface area contributed by atoms with Crippen LogP contribution in [-0.4, -0.2) is 5.91 Å². The molecule has 0 fully saturated rings. The van der Waals surface area contributed by atoms with Crippen molar-refractivity contribution in [3.8, 4) is 0 Å². The fourth-order valence-electron chi connectivity index (χ4n) is 2.06. The largest absolute Gasteiger partial charge is 0.417 e. The summed E-state index contributed by atoms with van der Waals surface area (Å²) in [4.78, 5) is 24.1. The Kier molecular flexibility index (Phi) is 3.88. The van der Waals surface area contributed by atoms with Crippen LogP contribution in [0.2, 0.25) is 10.0 Å². The predicted molar refractivity (Wildman–Crippen MR) is 86.9 cm³/mol. The number of fused-ring (bicyclic) bond motifs is 1. The third-order valence-corrected chi connectivity index (χ3v) is 3.45. The minimum atomic E-state index is -0.563. The van der Waals surface area contributed by atoms with Gasteiger partial charge in [0.2, 0.25) is 0 Å². The molecule has 110 valence electrons. The molecule has 1 heterocycles. The predicted octanol–water partition coefficient (Wildman–Crippen LogP) is 4.35. The molecule has 1 amide bonds. The number of benzene rings is 2. The smallest absolute Gasteiger partial charge is 0.344 e. The van der Waals surface area contributed by atoms with Gasteiger partial charge in [-0.1, -0.05) is 41.4 Å². The Balaban J connectivity index is 1.97. The zero-order valence-electron chi connectivity index (χ0n) is 11.1. The molecule has 3 aromatic rings. The highest BCUT2D eigenvalue weighted by molar-refractivity contribution is 6.35. The van der Waals surface area contributed by atoms with E-state index >= 15 is 0 Å². The van der Waals surface area contributed by atoms with Gasteiger partial charge in [0.05, 0.1) is 5.39 Å². The van der Waals surface area contributed by atoms with Crippen LogP contribution in [0, 0.1) is 0 Å². The van der Waals surface area contributed by atoms with Crippen LogP contribution in [0.25, 0.3) is 10.8 Å². The van der Waals surface area contributed by atoms with Crippen molar-refractivity contribution in [2.24, 2.45) is 0 Å². The number of halogens is 2. The van der Waals surface area contributed by atoms with Gasteiger partial charge in [-0.3, -0.25) is 4.79 Å². The molecular weight excluding hydrogens is 325 g/mol. The SMILES string of the molecule is O=C(Nc1cc(Cl)cc(Cl)c1)c1cc2ccccc2c(=O)o1. The summed E-state index contributed by atoms with van der Waals surface area (Å²) in [6.45, 7) is 0. The number of hydrogen-bond acceptors (Lipinski definition) is 3. The lowest BCUT2D eigenvalue weighted by atomic mass is 10.1. The molecule has 6 heteroatoms. The van der Waals surface area contributed by atoms with E-state index in [4.69, 9.17) is 27.6 Å². The molecule has 1 N–H and O–H groups in total. The number of nitrogens with one attached hydrogen (secondary N) is 1. The summed E-state index contributed by atoms with van der Waals surface area (Å²) in [7, 11) is 0. The number of hydrogen-bond donors (Lipinski definition) is 1. The molecular formula is C16H9Cl2NO3. The summed E-state index contributed by atoms with van der Waals surface area (Å²) in [6.07, 6.45) is 0. The van der Waals surface area contributed by atoms with Gasteiger partial charge in [0, 0.05) is 15.7 Å². The molecule has 0 aliphatic carbocycles. The molecule has 0 radical (unpaired) electrons. The van der Waals surface area contributed by atoms with Crippen LogP contribution in [0.15, 0.2) is 57.7 Å². The average molecular weight is 334 g/mol. The van der Waals surface area contributed by atoms with E-state index in [0.29, 0.717) is 26.5 Å². The fraction of sp³-hybridized carbons (Fsp3) is 0. The standard InChI is InChI=1S/C16H9Cl2NO3/c17-10-6-11(18)8-12(7-10)19-15(20)14-5-9-3-1-2-4-13(9)16(21)22-14/h1-8H,(H,19,20). The molecule has 0 saturated heterocycles. The zero-order valence-corrected chi connectivity index (χ0v) is 12.6. The van der Waals surface area contributed by atoms with Crippen LogP contribution in [0.1, 0.15) is 10.6 Å². The molecule has 22 heavy (non-hydrogen) atoms. The molecule has 2 aromatic carbocycles. The molecule has 0 saturated carbocycles. The lowest BCUT2D eigenvalue weighted by Crippen LogP contribution is -2.15. The summed E-state index contributed by atoms with van der Waals surface area (Å²) < 4.78 is 5.05. The van der Waals surface area contributed by atoms with Crippen molar-refractivity contribution in [3.05, 3.63) is 74.8 Å². The van der Waals surface area contributed by atoms with Crippen LogP contribution in [-0.2, 0) is 0 Å². The maximum Gasteiger partial charge on any atom is 0.344 e. The Bertz CT molecular complexity index is 914. The average Bonchev–Trinajstić information content (AvgIpc) is 2.46. The molecule has 1 aromatic heterocycles. The first-order valence-corrected chi connectivity index (χ1v) is 7.09.